The Balaban J connectivity index is 1.68. The molecule has 0 saturated carbocycles. The molecule has 0 bridgehead atoms. The first-order valence-corrected chi connectivity index (χ1v) is 17.7. The SMILES string of the molecule is C=CCCCOC1OC(CO[Si](c2ccccc2)(c2ccccc2)C(C)(C)C)C(OCCCC)C1OC(=O)c1ccccc1. The molecule has 6 nitrogen and oxygen atoms in total. The molecule has 1 heterocycles. The Morgan fingerprint density at radius 1 is 0.841 bits per heavy atom. The summed E-state index contributed by atoms with van der Waals surface area (Å²) < 4.78 is 32.6. The smallest absolute Gasteiger partial charge is 0.338 e. The van der Waals surface area contributed by atoms with Gasteiger partial charge in [-0.2, -0.15) is 0 Å². The summed E-state index contributed by atoms with van der Waals surface area (Å²) in [5, 5.41) is 2.17. The predicted octanol–water partition coefficient (Wildman–Crippen LogP) is 6.68. The first kappa shape index (κ1) is 33.8. The van der Waals surface area contributed by atoms with Gasteiger partial charge >= 0.3 is 5.97 Å². The van der Waals surface area contributed by atoms with Crippen molar-refractivity contribution >= 4 is 24.7 Å². The third-order valence-electron chi connectivity index (χ3n) is 8.04. The summed E-state index contributed by atoms with van der Waals surface area (Å²) in [6.45, 7) is 13.9. The molecular weight excluding hydrogens is 568 g/mol. The van der Waals surface area contributed by atoms with E-state index in [1.165, 1.54) is 10.4 Å². The normalized spacial score (nSPS) is 20.4. The number of allylic oxidation sites excluding steroid dienone is 1. The maximum Gasteiger partial charge on any atom is 0.338 e. The number of hydrogen-bond acceptors (Lipinski definition) is 6. The molecule has 44 heavy (non-hydrogen) atoms. The lowest BCUT2D eigenvalue weighted by Crippen LogP contribution is -2.67. The quantitative estimate of drug-likeness (QED) is 0.0774. The largest absolute Gasteiger partial charge is 0.450 e. The maximum absolute atomic E-state index is 13.3. The van der Waals surface area contributed by atoms with Crippen molar-refractivity contribution in [1.82, 2.24) is 0 Å². The van der Waals surface area contributed by atoms with Crippen molar-refractivity contribution < 1.29 is 28.2 Å². The zero-order chi connectivity index (χ0) is 31.4. The van der Waals surface area contributed by atoms with E-state index in [4.69, 9.17) is 23.4 Å². The van der Waals surface area contributed by atoms with Gasteiger partial charge in [-0.1, -0.05) is 119 Å². The second kappa shape index (κ2) is 16.3. The minimum atomic E-state index is -2.84. The molecule has 0 N–H and O–H groups in total. The van der Waals surface area contributed by atoms with E-state index in [-0.39, 0.29) is 11.6 Å². The van der Waals surface area contributed by atoms with E-state index in [0.29, 0.717) is 18.8 Å². The van der Waals surface area contributed by atoms with Gasteiger partial charge in [-0.3, -0.25) is 0 Å². The highest BCUT2D eigenvalue weighted by Crippen LogP contribution is 2.38. The van der Waals surface area contributed by atoms with Crippen molar-refractivity contribution in [2.75, 3.05) is 19.8 Å². The molecule has 1 saturated heterocycles. The highest BCUT2D eigenvalue weighted by molar-refractivity contribution is 6.99. The van der Waals surface area contributed by atoms with E-state index in [9.17, 15) is 4.79 Å². The van der Waals surface area contributed by atoms with Crippen LogP contribution in [0.4, 0.5) is 0 Å². The van der Waals surface area contributed by atoms with Crippen LogP contribution in [-0.4, -0.2) is 58.7 Å². The Hall–Kier alpha value is -3.07. The fourth-order valence-electron chi connectivity index (χ4n) is 5.81. The second-order valence-electron chi connectivity index (χ2n) is 12.2. The standard InChI is InChI=1S/C37H48O6Si/c1-6-8-19-27-40-36-34(43-35(38)29-20-13-10-14-21-29)33(39-26-9-7-2)32(42-36)28-41-44(37(3,4)5,30-22-15-11-16-23-30)31-24-17-12-18-25-31/h6,10-18,20-25,32-34,36H,1,7-9,19,26-28H2,2-5H3. The van der Waals surface area contributed by atoms with Crippen molar-refractivity contribution in [2.24, 2.45) is 0 Å². The van der Waals surface area contributed by atoms with Gasteiger partial charge in [0.25, 0.3) is 8.32 Å². The predicted molar refractivity (Wildman–Crippen MR) is 178 cm³/mol. The summed E-state index contributed by atoms with van der Waals surface area (Å²) in [6, 6.07) is 30.1. The topological polar surface area (TPSA) is 63.2 Å². The van der Waals surface area contributed by atoms with Gasteiger partial charge < -0.3 is 23.4 Å². The van der Waals surface area contributed by atoms with E-state index >= 15 is 0 Å². The van der Waals surface area contributed by atoms with Gasteiger partial charge in [0, 0.05) is 6.61 Å². The summed E-state index contributed by atoms with van der Waals surface area (Å²) >= 11 is 0. The van der Waals surface area contributed by atoms with Crippen LogP contribution in [-0.2, 0) is 23.4 Å². The molecule has 3 aromatic rings. The average molecular weight is 617 g/mol. The van der Waals surface area contributed by atoms with Crippen LogP contribution in [0.5, 0.6) is 0 Å². The van der Waals surface area contributed by atoms with Crippen LogP contribution in [0.15, 0.2) is 104 Å². The zero-order valence-electron chi connectivity index (χ0n) is 26.7. The molecule has 1 aliphatic heterocycles. The lowest BCUT2D eigenvalue weighted by molar-refractivity contribution is -0.170. The van der Waals surface area contributed by atoms with E-state index in [2.05, 4.69) is 82.8 Å². The van der Waals surface area contributed by atoms with Gasteiger partial charge in [-0.15, -0.1) is 6.58 Å². The molecule has 0 aromatic heterocycles. The molecule has 1 aliphatic rings. The Morgan fingerprint density at radius 2 is 1.41 bits per heavy atom. The summed E-state index contributed by atoms with van der Waals surface area (Å²) in [6.07, 6.45) is 2.72. The summed E-state index contributed by atoms with van der Waals surface area (Å²) in [7, 11) is -2.84. The van der Waals surface area contributed by atoms with Crippen LogP contribution in [0.2, 0.25) is 5.04 Å². The van der Waals surface area contributed by atoms with Crippen molar-refractivity contribution in [2.45, 2.75) is 83.0 Å². The molecule has 0 aliphatic carbocycles. The number of rotatable bonds is 16. The molecule has 4 atom stereocenters. The minimum absolute atomic E-state index is 0.202. The van der Waals surface area contributed by atoms with Crippen molar-refractivity contribution in [3.8, 4) is 0 Å². The fraction of sp³-hybridized carbons (Fsp3) is 0.432. The number of carbonyl (C=O) groups is 1. The molecule has 0 radical (unpaired) electrons. The number of hydrogen-bond donors (Lipinski definition) is 0. The van der Waals surface area contributed by atoms with Crippen LogP contribution < -0.4 is 10.4 Å². The van der Waals surface area contributed by atoms with E-state index in [1.54, 1.807) is 12.1 Å². The van der Waals surface area contributed by atoms with Gasteiger partial charge in [0.05, 0.1) is 18.8 Å². The number of unbranched alkanes of at least 4 members (excludes halogenated alkanes) is 2. The Labute approximate surface area is 264 Å². The number of ether oxygens (including phenoxy) is 4. The lowest BCUT2D eigenvalue weighted by atomic mass is 10.1. The Morgan fingerprint density at radius 3 is 1.95 bits per heavy atom. The average Bonchev–Trinajstić information content (AvgIpc) is 3.36. The van der Waals surface area contributed by atoms with Crippen molar-refractivity contribution in [1.29, 1.82) is 0 Å². The van der Waals surface area contributed by atoms with E-state index < -0.39 is 38.9 Å². The van der Waals surface area contributed by atoms with Crippen LogP contribution in [0, 0.1) is 0 Å². The molecule has 4 rings (SSSR count). The van der Waals surface area contributed by atoms with Crippen molar-refractivity contribution in [3.05, 3.63) is 109 Å². The van der Waals surface area contributed by atoms with Gasteiger partial charge in [0.15, 0.2) is 12.4 Å². The number of esters is 1. The molecule has 236 valence electrons. The molecule has 7 heteroatoms. The summed E-state index contributed by atoms with van der Waals surface area (Å²) in [5.41, 5.74) is 0.470. The lowest BCUT2D eigenvalue weighted by Gasteiger charge is -2.43. The molecule has 1 fully saturated rings. The van der Waals surface area contributed by atoms with Gasteiger partial charge in [-0.25, -0.2) is 4.79 Å². The third kappa shape index (κ3) is 8.14. The maximum atomic E-state index is 13.3. The summed E-state index contributed by atoms with van der Waals surface area (Å²) in [4.78, 5) is 13.3. The minimum Gasteiger partial charge on any atom is -0.450 e. The van der Waals surface area contributed by atoms with Gasteiger partial charge in [0.1, 0.15) is 12.2 Å². The molecule has 3 aromatic carbocycles. The number of benzene rings is 3. The molecule has 0 amide bonds. The van der Waals surface area contributed by atoms with Crippen molar-refractivity contribution in [3.63, 3.8) is 0 Å². The summed E-state index contributed by atoms with van der Waals surface area (Å²) in [5.74, 6) is -0.434. The monoisotopic (exact) mass is 616 g/mol. The molecular formula is C37H48O6Si. The molecule has 0 spiro atoms. The van der Waals surface area contributed by atoms with Crippen LogP contribution in [0.3, 0.4) is 0 Å². The van der Waals surface area contributed by atoms with Crippen LogP contribution >= 0.6 is 0 Å². The third-order valence-corrected chi connectivity index (χ3v) is 13.0. The molecule has 4 unspecified atom stereocenters. The Kier molecular flexibility index (Phi) is 12.5. The van der Waals surface area contributed by atoms with Gasteiger partial charge in [-0.05, 0) is 46.8 Å². The van der Waals surface area contributed by atoms with E-state index in [1.807, 2.05) is 36.4 Å². The van der Waals surface area contributed by atoms with Crippen LogP contribution in [0.25, 0.3) is 0 Å². The first-order chi connectivity index (χ1) is 21.3. The highest BCUT2D eigenvalue weighted by atomic mass is 28.4. The zero-order valence-corrected chi connectivity index (χ0v) is 27.7. The van der Waals surface area contributed by atoms with E-state index in [0.717, 1.165) is 25.7 Å². The Bertz CT molecular complexity index is 1240. The highest BCUT2D eigenvalue weighted by Gasteiger charge is 2.53. The first-order valence-electron chi connectivity index (χ1n) is 15.8. The second-order valence-corrected chi connectivity index (χ2v) is 16.5. The van der Waals surface area contributed by atoms with Gasteiger partial charge in [0.2, 0.25) is 0 Å². The number of carbonyl (C=O) groups excluding carboxylic acids is 1. The fourth-order valence-corrected chi connectivity index (χ4v) is 10.4. The van der Waals surface area contributed by atoms with Crippen LogP contribution in [0.1, 0.15) is 63.7 Å².